The lowest BCUT2D eigenvalue weighted by molar-refractivity contribution is 0.0601. The number of carbonyl (C=O) groups is 2. The van der Waals surface area contributed by atoms with Crippen molar-refractivity contribution in [2.24, 2.45) is 0 Å². The van der Waals surface area contributed by atoms with Crippen molar-refractivity contribution in [1.82, 2.24) is 0 Å². The van der Waals surface area contributed by atoms with Crippen LogP contribution in [0.25, 0.3) is 0 Å². The van der Waals surface area contributed by atoms with Crippen molar-refractivity contribution in [1.29, 1.82) is 0 Å². The van der Waals surface area contributed by atoms with Gasteiger partial charge in [0.15, 0.2) is 0 Å². The Hall–Kier alpha value is -3.17. The Balaban J connectivity index is 1.62. The molecule has 4 rings (SSSR count). The first-order valence-electron chi connectivity index (χ1n) is 10.4. The largest absolute Gasteiger partial charge is 0.465 e. The van der Waals surface area contributed by atoms with Crippen LogP contribution in [0.3, 0.4) is 0 Å². The predicted octanol–water partition coefficient (Wildman–Crippen LogP) is 4.69. The average Bonchev–Trinajstić information content (AvgIpc) is 3.35. The van der Waals surface area contributed by atoms with Gasteiger partial charge in [-0.05, 0) is 68.5 Å². The molecule has 9 heteroatoms. The molecule has 1 aliphatic rings. The van der Waals surface area contributed by atoms with Crippen molar-refractivity contribution in [3.63, 3.8) is 0 Å². The molecule has 0 aliphatic heterocycles. The molecule has 172 valence electrons. The van der Waals surface area contributed by atoms with E-state index in [1.165, 1.54) is 24.5 Å². The molecule has 0 saturated heterocycles. The summed E-state index contributed by atoms with van der Waals surface area (Å²) in [6.07, 6.45) is 2.59. The van der Waals surface area contributed by atoms with Gasteiger partial charge in [0.1, 0.15) is 5.00 Å². The van der Waals surface area contributed by atoms with Crippen molar-refractivity contribution >= 4 is 43.9 Å². The second-order valence-electron chi connectivity index (χ2n) is 7.96. The maximum Gasteiger partial charge on any atom is 0.341 e. The van der Waals surface area contributed by atoms with Crippen LogP contribution in [0.2, 0.25) is 0 Å². The van der Waals surface area contributed by atoms with E-state index in [9.17, 15) is 18.0 Å². The molecular weight excluding hydrogens is 460 g/mol. The average molecular weight is 485 g/mol. The summed E-state index contributed by atoms with van der Waals surface area (Å²) in [5, 5.41) is 3.22. The molecule has 2 N–H and O–H groups in total. The van der Waals surface area contributed by atoms with Crippen molar-refractivity contribution in [3.05, 3.63) is 75.2 Å². The van der Waals surface area contributed by atoms with E-state index < -0.39 is 21.9 Å². The summed E-state index contributed by atoms with van der Waals surface area (Å²) in [7, 11) is -2.60. The van der Waals surface area contributed by atoms with Crippen LogP contribution < -0.4 is 10.0 Å². The molecule has 0 radical (unpaired) electrons. The van der Waals surface area contributed by atoms with Crippen molar-refractivity contribution in [2.45, 2.75) is 38.0 Å². The van der Waals surface area contributed by atoms with Gasteiger partial charge in [0.2, 0.25) is 0 Å². The number of nitrogens with one attached hydrogen (secondary N) is 2. The van der Waals surface area contributed by atoms with E-state index in [2.05, 4.69) is 10.0 Å². The second-order valence-corrected chi connectivity index (χ2v) is 10.7. The number of ether oxygens (including phenoxy) is 1. The number of aryl methyl sites for hydroxylation is 3. The molecule has 1 amide bonds. The minimum atomic E-state index is -3.91. The monoisotopic (exact) mass is 484 g/mol. The minimum absolute atomic E-state index is 0.0117. The summed E-state index contributed by atoms with van der Waals surface area (Å²) in [6, 6.07) is 11.5. The molecule has 1 heterocycles. The second kappa shape index (κ2) is 8.99. The molecule has 0 atom stereocenters. The number of hydrogen-bond donors (Lipinski definition) is 2. The van der Waals surface area contributed by atoms with E-state index in [0.29, 0.717) is 21.8 Å². The van der Waals surface area contributed by atoms with Crippen LogP contribution >= 0.6 is 11.3 Å². The zero-order valence-electron chi connectivity index (χ0n) is 18.5. The van der Waals surface area contributed by atoms with Crippen LogP contribution in [-0.4, -0.2) is 27.4 Å². The Labute approximate surface area is 196 Å². The molecule has 0 saturated carbocycles. The highest BCUT2D eigenvalue weighted by molar-refractivity contribution is 7.92. The number of anilines is 2. The normalized spacial score (nSPS) is 12.8. The first-order chi connectivity index (χ1) is 15.7. The van der Waals surface area contributed by atoms with Gasteiger partial charge in [-0.1, -0.05) is 23.8 Å². The smallest absolute Gasteiger partial charge is 0.341 e. The summed E-state index contributed by atoms with van der Waals surface area (Å²) in [5.74, 6) is -0.981. The summed E-state index contributed by atoms with van der Waals surface area (Å²) < 4.78 is 33.5. The highest BCUT2D eigenvalue weighted by Gasteiger charge is 2.28. The van der Waals surface area contributed by atoms with Gasteiger partial charge >= 0.3 is 5.97 Å². The van der Waals surface area contributed by atoms with E-state index in [1.807, 2.05) is 19.1 Å². The van der Waals surface area contributed by atoms with E-state index in [1.54, 1.807) is 31.2 Å². The van der Waals surface area contributed by atoms with Crippen molar-refractivity contribution < 1.29 is 22.7 Å². The molecule has 3 aromatic rings. The molecule has 0 spiro atoms. The van der Waals surface area contributed by atoms with Crippen LogP contribution in [-0.2, 0) is 27.6 Å². The number of amides is 1. The van der Waals surface area contributed by atoms with Crippen molar-refractivity contribution in [3.8, 4) is 0 Å². The Bertz CT molecular complexity index is 1340. The number of methoxy groups -OCH3 is 1. The third-order valence-electron chi connectivity index (χ3n) is 5.58. The third kappa shape index (κ3) is 4.65. The Morgan fingerprint density at radius 3 is 2.45 bits per heavy atom. The van der Waals surface area contributed by atoms with Crippen LogP contribution in [0, 0.1) is 13.8 Å². The lowest BCUT2D eigenvalue weighted by atomic mass is 10.1. The number of thiophene rings is 1. The molecule has 0 bridgehead atoms. The van der Waals surface area contributed by atoms with Crippen LogP contribution in [0.4, 0.5) is 10.7 Å². The fourth-order valence-corrected chi connectivity index (χ4v) is 6.45. The molecule has 1 aromatic heterocycles. The number of hydrogen-bond acceptors (Lipinski definition) is 6. The molecule has 1 aliphatic carbocycles. The lowest BCUT2D eigenvalue weighted by Crippen LogP contribution is -2.18. The van der Waals surface area contributed by atoms with Gasteiger partial charge in [-0.25, -0.2) is 13.2 Å². The number of carbonyl (C=O) groups excluding carboxylic acids is 2. The number of sulfonamides is 1. The summed E-state index contributed by atoms with van der Waals surface area (Å²) in [6.45, 7) is 3.59. The summed E-state index contributed by atoms with van der Waals surface area (Å²) >= 11 is 1.37. The highest BCUT2D eigenvalue weighted by Crippen LogP contribution is 2.39. The van der Waals surface area contributed by atoms with Gasteiger partial charge in [-0.15, -0.1) is 11.3 Å². The van der Waals surface area contributed by atoms with Gasteiger partial charge in [0, 0.05) is 16.1 Å². The molecule has 0 unspecified atom stereocenters. The van der Waals surface area contributed by atoms with E-state index in [0.717, 1.165) is 35.3 Å². The molecule has 7 nitrogen and oxygen atoms in total. The predicted molar refractivity (Wildman–Crippen MR) is 129 cm³/mol. The number of benzene rings is 2. The molecular formula is C24H24N2O5S2. The fraction of sp³-hybridized carbons (Fsp3) is 0.250. The lowest BCUT2D eigenvalue weighted by Gasteiger charge is -2.13. The molecule has 33 heavy (non-hydrogen) atoms. The van der Waals surface area contributed by atoms with E-state index in [-0.39, 0.29) is 10.5 Å². The standard InChI is InChI=1S/C24H24N2O5S2/c1-14-7-11-17(12-8-14)26-33(29,30)20-13-16(10-9-15(20)2)22(27)25-23-21(24(28)31-3)18-5-4-6-19(18)32-23/h7-13,26H,4-6H2,1-3H3,(H,25,27). The molecule has 2 aromatic carbocycles. The highest BCUT2D eigenvalue weighted by atomic mass is 32.2. The number of rotatable bonds is 6. The summed E-state index contributed by atoms with van der Waals surface area (Å²) in [5.41, 5.74) is 3.45. The van der Waals surface area contributed by atoms with E-state index >= 15 is 0 Å². The van der Waals surface area contributed by atoms with Crippen LogP contribution in [0.5, 0.6) is 0 Å². The van der Waals surface area contributed by atoms with Crippen LogP contribution in [0.15, 0.2) is 47.4 Å². The first kappa shape index (κ1) is 23.0. The first-order valence-corrected chi connectivity index (χ1v) is 12.7. The minimum Gasteiger partial charge on any atom is -0.465 e. The Morgan fingerprint density at radius 1 is 1.03 bits per heavy atom. The number of fused-ring (bicyclic) bond motifs is 1. The van der Waals surface area contributed by atoms with E-state index in [4.69, 9.17) is 4.74 Å². The zero-order chi connectivity index (χ0) is 23.8. The Kier molecular flexibility index (Phi) is 6.27. The van der Waals surface area contributed by atoms with Gasteiger partial charge < -0.3 is 10.1 Å². The maximum atomic E-state index is 13.0. The van der Waals surface area contributed by atoms with Crippen molar-refractivity contribution in [2.75, 3.05) is 17.1 Å². The SMILES string of the molecule is COC(=O)c1c(NC(=O)c2ccc(C)c(S(=O)(=O)Nc3ccc(C)cc3)c2)sc2c1CCC2. The van der Waals surface area contributed by atoms with Gasteiger partial charge in [0.25, 0.3) is 15.9 Å². The fourth-order valence-electron chi connectivity index (χ4n) is 3.85. The zero-order valence-corrected chi connectivity index (χ0v) is 20.2. The third-order valence-corrected chi connectivity index (χ3v) is 8.31. The maximum absolute atomic E-state index is 13.0. The van der Waals surface area contributed by atoms with Gasteiger partial charge in [-0.2, -0.15) is 0 Å². The summed E-state index contributed by atoms with van der Waals surface area (Å²) in [4.78, 5) is 26.4. The quantitative estimate of drug-likeness (QED) is 0.494. The van der Waals surface area contributed by atoms with Gasteiger partial charge in [0.05, 0.1) is 17.6 Å². The molecule has 0 fully saturated rings. The number of esters is 1. The Morgan fingerprint density at radius 2 is 1.76 bits per heavy atom. The topological polar surface area (TPSA) is 102 Å². The van der Waals surface area contributed by atoms with Crippen LogP contribution in [0.1, 0.15) is 48.7 Å². The van der Waals surface area contributed by atoms with Gasteiger partial charge in [-0.3, -0.25) is 9.52 Å².